The minimum absolute atomic E-state index is 0. The third-order valence-corrected chi connectivity index (χ3v) is 3.81. The molecule has 1 heterocycles. The monoisotopic (exact) mass is 254 g/mol. The molecule has 0 amide bonds. The Morgan fingerprint density at radius 2 is 1.69 bits per heavy atom. The predicted molar refractivity (Wildman–Crippen MR) is 58.1 cm³/mol. The van der Waals surface area contributed by atoms with Crippen LogP contribution in [0.4, 0.5) is 0 Å². The molecule has 16 heavy (non-hydrogen) atoms. The molecular formula is C9H15N2NaO3S. The van der Waals surface area contributed by atoms with Crippen LogP contribution >= 0.6 is 0 Å². The molecule has 1 aliphatic heterocycles. The van der Waals surface area contributed by atoms with E-state index in [0.29, 0.717) is 12.8 Å². The molecule has 0 atom stereocenters. The molecule has 0 spiro atoms. The smallest absolute Gasteiger partial charge is 0.748 e. The molecule has 0 aliphatic carbocycles. The molecule has 86 valence electrons. The van der Waals surface area contributed by atoms with E-state index in [4.69, 9.17) is 0 Å². The van der Waals surface area contributed by atoms with Gasteiger partial charge in [-0.15, -0.1) is 0 Å². The minimum atomic E-state index is -4.11. The van der Waals surface area contributed by atoms with Crippen molar-refractivity contribution in [3.8, 4) is 0 Å². The topological polar surface area (TPSA) is 81.9 Å². The average molecular weight is 254 g/mol. The van der Waals surface area contributed by atoms with Crippen LogP contribution in [0.2, 0.25) is 0 Å². The molecule has 0 saturated carbocycles. The summed E-state index contributed by atoms with van der Waals surface area (Å²) in [5.74, 6) is -0.316. The van der Waals surface area contributed by atoms with E-state index in [2.05, 4.69) is 10.2 Å². The molecule has 5 nitrogen and oxygen atoms in total. The van der Waals surface area contributed by atoms with Gasteiger partial charge in [0.15, 0.2) is 0 Å². The molecule has 0 fully saturated rings. The summed E-state index contributed by atoms with van der Waals surface area (Å²) >= 11 is 0. The van der Waals surface area contributed by atoms with Gasteiger partial charge in [0.1, 0.15) is 0 Å². The molecule has 0 unspecified atom stereocenters. The van der Waals surface area contributed by atoms with Crippen molar-refractivity contribution in [3.05, 3.63) is 0 Å². The van der Waals surface area contributed by atoms with Crippen LogP contribution in [0.3, 0.4) is 0 Å². The SMILES string of the molecule is CC1=NN=C(C)C1(C)CCCS(=O)(=O)[O-].[Na+]. The molecule has 0 aromatic heterocycles. The van der Waals surface area contributed by atoms with Crippen LogP contribution in [0.5, 0.6) is 0 Å². The summed E-state index contributed by atoms with van der Waals surface area (Å²) in [6, 6.07) is 0. The zero-order valence-corrected chi connectivity index (χ0v) is 13.0. The van der Waals surface area contributed by atoms with E-state index < -0.39 is 10.1 Å². The van der Waals surface area contributed by atoms with Gasteiger partial charge in [-0.2, -0.15) is 10.2 Å². The second-order valence-corrected chi connectivity index (χ2v) is 5.59. The van der Waals surface area contributed by atoms with Crippen molar-refractivity contribution in [1.29, 1.82) is 0 Å². The van der Waals surface area contributed by atoms with Crippen LogP contribution in [0.1, 0.15) is 33.6 Å². The third-order valence-electron chi connectivity index (χ3n) is 3.02. The Balaban J connectivity index is 0.00000225. The summed E-state index contributed by atoms with van der Waals surface area (Å²) < 4.78 is 31.4. The van der Waals surface area contributed by atoms with Gasteiger partial charge in [-0.25, -0.2) is 8.42 Å². The summed E-state index contributed by atoms with van der Waals surface area (Å²) in [5.41, 5.74) is 1.48. The van der Waals surface area contributed by atoms with Gasteiger partial charge in [0.05, 0.1) is 10.1 Å². The van der Waals surface area contributed by atoms with Gasteiger partial charge >= 0.3 is 29.6 Å². The van der Waals surface area contributed by atoms with E-state index >= 15 is 0 Å². The Morgan fingerprint density at radius 1 is 1.25 bits per heavy atom. The first kappa shape index (κ1) is 16.2. The normalized spacial score (nSPS) is 18.8. The number of nitrogens with zero attached hydrogens (tertiary/aromatic N) is 2. The van der Waals surface area contributed by atoms with Crippen molar-refractivity contribution in [3.63, 3.8) is 0 Å². The van der Waals surface area contributed by atoms with Crippen LogP contribution in [0, 0.1) is 5.41 Å². The van der Waals surface area contributed by atoms with E-state index in [1.807, 2.05) is 20.8 Å². The molecule has 0 aromatic carbocycles. The van der Waals surface area contributed by atoms with Crippen molar-refractivity contribution in [2.45, 2.75) is 33.6 Å². The maximum absolute atomic E-state index is 10.5. The van der Waals surface area contributed by atoms with Crippen LogP contribution in [0.15, 0.2) is 10.2 Å². The molecule has 0 N–H and O–H groups in total. The first-order valence-corrected chi connectivity index (χ1v) is 6.37. The van der Waals surface area contributed by atoms with Crippen molar-refractivity contribution in [1.82, 2.24) is 0 Å². The van der Waals surface area contributed by atoms with Gasteiger partial charge in [0.25, 0.3) is 0 Å². The van der Waals surface area contributed by atoms with E-state index in [9.17, 15) is 13.0 Å². The van der Waals surface area contributed by atoms with Crippen molar-refractivity contribution >= 4 is 21.5 Å². The fourth-order valence-corrected chi connectivity index (χ4v) is 2.09. The Labute approximate surface area is 118 Å². The average Bonchev–Trinajstić information content (AvgIpc) is 2.31. The quantitative estimate of drug-likeness (QED) is 0.437. The van der Waals surface area contributed by atoms with E-state index in [1.54, 1.807) is 0 Å². The Kier molecular flexibility index (Phi) is 5.82. The van der Waals surface area contributed by atoms with Crippen LogP contribution in [-0.4, -0.2) is 30.1 Å². The summed E-state index contributed by atoms with van der Waals surface area (Å²) in [6.07, 6.45) is 0.946. The molecule has 0 radical (unpaired) electrons. The van der Waals surface area contributed by atoms with Gasteiger partial charge in [0.2, 0.25) is 0 Å². The van der Waals surface area contributed by atoms with Gasteiger partial charge in [0, 0.05) is 22.6 Å². The van der Waals surface area contributed by atoms with Crippen LogP contribution in [0.25, 0.3) is 0 Å². The standard InChI is InChI=1S/C9H16N2O3S.Na/c1-7-9(3,8(2)11-10-7)5-4-6-15(12,13)14;/h4-6H2,1-3H3,(H,12,13,14);/q;+1/p-1. The van der Waals surface area contributed by atoms with Gasteiger partial charge < -0.3 is 4.55 Å². The number of hydrogen-bond acceptors (Lipinski definition) is 5. The molecule has 0 aromatic rings. The van der Waals surface area contributed by atoms with Gasteiger partial charge in [-0.1, -0.05) is 0 Å². The first-order chi connectivity index (χ1) is 6.76. The zero-order valence-electron chi connectivity index (χ0n) is 10.1. The van der Waals surface area contributed by atoms with E-state index in [-0.39, 0.29) is 40.7 Å². The molecule has 0 saturated heterocycles. The maximum Gasteiger partial charge on any atom is 1.00 e. The Morgan fingerprint density at radius 3 is 2.06 bits per heavy atom. The second kappa shape index (κ2) is 5.73. The van der Waals surface area contributed by atoms with E-state index in [1.165, 1.54) is 0 Å². The summed E-state index contributed by atoms with van der Waals surface area (Å²) in [5, 5.41) is 7.92. The van der Waals surface area contributed by atoms with Crippen molar-refractivity contribution in [2.75, 3.05) is 5.75 Å². The Bertz CT molecular complexity index is 396. The predicted octanol–water partition coefficient (Wildman–Crippen LogP) is -1.83. The van der Waals surface area contributed by atoms with Crippen molar-refractivity contribution < 1.29 is 42.5 Å². The summed E-state index contributed by atoms with van der Waals surface area (Å²) in [7, 11) is -4.11. The first-order valence-electron chi connectivity index (χ1n) is 4.79. The van der Waals surface area contributed by atoms with Gasteiger partial charge in [-0.3, -0.25) is 0 Å². The van der Waals surface area contributed by atoms with E-state index in [0.717, 1.165) is 11.4 Å². The minimum Gasteiger partial charge on any atom is -0.748 e. The van der Waals surface area contributed by atoms with Crippen LogP contribution < -0.4 is 29.6 Å². The number of hydrogen-bond donors (Lipinski definition) is 0. The molecule has 1 aliphatic rings. The molecule has 0 bridgehead atoms. The summed E-state index contributed by atoms with van der Waals surface area (Å²) in [6.45, 7) is 5.70. The Hall–Kier alpha value is 0.250. The molecule has 1 rings (SSSR count). The fourth-order valence-electron chi connectivity index (χ4n) is 1.60. The maximum atomic E-state index is 10.5. The molecular weight excluding hydrogens is 239 g/mol. The third kappa shape index (κ3) is 3.92. The molecule has 7 heteroatoms. The summed E-state index contributed by atoms with van der Waals surface area (Å²) in [4.78, 5) is 0. The van der Waals surface area contributed by atoms with Gasteiger partial charge in [-0.05, 0) is 33.6 Å². The largest absolute Gasteiger partial charge is 1.00 e. The fraction of sp³-hybridized carbons (Fsp3) is 0.778. The zero-order chi connectivity index (χ0) is 11.7. The van der Waals surface area contributed by atoms with Crippen LogP contribution in [-0.2, 0) is 10.1 Å². The second-order valence-electron chi connectivity index (χ2n) is 4.07. The van der Waals surface area contributed by atoms with Crippen molar-refractivity contribution in [2.24, 2.45) is 15.6 Å². The number of rotatable bonds is 4.